The zero-order chi connectivity index (χ0) is 22.5. The van der Waals surface area contributed by atoms with Gasteiger partial charge in [0, 0.05) is 29.8 Å². The summed E-state index contributed by atoms with van der Waals surface area (Å²) >= 11 is 1.73. The largest absolute Gasteiger partial charge is 0.369 e. The average Bonchev–Trinajstić information content (AvgIpc) is 3.17. The van der Waals surface area contributed by atoms with Gasteiger partial charge in [-0.1, -0.05) is 43.3 Å². The van der Waals surface area contributed by atoms with Crippen molar-refractivity contribution in [3.8, 4) is 11.1 Å². The second-order valence-corrected chi connectivity index (χ2v) is 10.1. The molecule has 0 aliphatic rings. The van der Waals surface area contributed by atoms with Crippen molar-refractivity contribution in [1.29, 1.82) is 0 Å². The van der Waals surface area contributed by atoms with Gasteiger partial charge in [0.2, 0.25) is 0 Å². The smallest absolute Gasteiger partial charge is 0.138 e. The number of hydrogen-bond acceptors (Lipinski definition) is 5. The first-order valence-electron chi connectivity index (χ1n) is 10.8. The highest BCUT2D eigenvalue weighted by molar-refractivity contribution is 7.85. The van der Waals surface area contributed by atoms with E-state index in [0.29, 0.717) is 0 Å². The normalized spacial score (nSPS) is 12.1. The van der Waals surface area contributed by atoms with Gasteiger partial charge >= 0.3 is 0 Å². The number of hydrogen-bond donors (Lipinski definition) is 2. The molecule has 2 heterocycles. The third-order valence-corrected chi connectivity index (χ3v) is 6.71. The van der Waals surface area contributed by atoms with Crippen molar-refractivity contribution in [2.45, 2.75) is 33.1 Å². The maximum Gasteiger partial charge on any atom is 0.138 e. The monoisotopic (exact) mass is 464 g/mol. The predicted molar refractivity (Wildman–Crippen MR) is 138 cm³/mol. The average molecular weight is 465 g/mol. The van der Waals surface area contributed by atoms with Crippen LogP contribution >= 0.6 is 11.3 Å². The maximum atomic E-state index is 11.3. The van der Waals surface area contributed by atoms with Crippen molar-refractivity contribution < 1.29 is 4.21 Å². The van der Waals surface area contributed by atoms with Gasteiger partial charge in [-0.15, -0.1) is 11.3 Å². The molecule has 0 radical (unpaired) electrons. The zero-order valence-corrected chi connectivity index (χ0v) is 20.3. The van der Waals surface area contributed by atoms with Crippen LogP contribution in [-0.4, -0.2) is 27.0 Å². The molecule has 5 nitrogen and oxygen atoms in total. The first kappa shape index (κ1) is 22.4. The third-order valence-electron chi connectivity index (χ3n) is 5.25. The second kappa shape index (κ2) is 10.2. The van der Waals surface area contributed by atoms with Gasteiger partial charge in [0.1, 0.15) is 27.5 Å². The van der Waals surface area contributed by atoms with Crippen molar-refractivity contribution in [2.75, 3.05) is 22.8 Å². The molecule has 4 aromatic rings. The van der Waals surface area contributed by atoms with E-state index in [0.717, 1.165) is 58.9 Å². The summed E-state index contributed by atoms with van der Waals surface area (Å²) in [5.41, 5.74) is 4.52. The molecule has 2 aromatic heterocycles. The van der Waals surface area contributed by atoms with Crippen LogP contribution in [-0.2, 0) is 23.8 Å². The SMILES string of the molecule is CCc1nc(NCCCc2ccc(-c3ccc(NS(C)=O)cc3)cc2)c2cc(C)sc2n1. The molecule has 0 aliphatic heterocycles. The van der Waals surface area contributed by atoms with E-state index in [4.69, 9.17) is 4.98 Å². The summed E-state index contributed by atoms with van der Waals surface area (Å²) in [5.74, 6) is 1.85. The minimum atomic E-state index is -1.06. The van der Waals surface area contributed by atoms with Gasteiger partial charge in [0.15, 0.2) is 0 Å². The molecule has 0 fully saturated rings. The summed E-state index contributed by atoms with van der Waals surface area (Å²) in [6.07, 6.45) is 4.51. The molecule has 0 saturated carbocycles. The quantitative estimate of drug-likeness (QED) is 0.299. The summed E-state index contributed by atoms with van der Waals surface area (Å²) in [4.78, 5) is 11.7. The maximum absolute atomic E-state index is 11.3. The molecule has 1 unspecified atom stereocenters. The number of aryl methyl sites for hydroxylation is 3. The van der Waals surface area contributed by atoms with Crippen LogP contribution in [0.1, 0.15) is 29.6 Å². The number of fused-ring (bicyclic) bond motifs is 1. The van der Waals surface area contributed by atoms with Gasteiger partial charge < -0.3 is 10.0 Å². The van der Waals surface area contributed by atoms with Gasteiger partial charge in [-0.2, -0.15) is 0 Å². The molecule has 4 rings (SSSR count). The van der Waals surface area contributed by atoms with E-state index in [1.807, 2.05) is 24.3 Å². The van der Waals surface area contributed by atoms with E-state index in [1.165, 1.54) is 16.0 Å². The van der Waals surface area contributed by atoms with E-state index in [-0.39, 0.29) is 0 Å². The van der Waals surface area contributed by atoms with Crippen LogP contribution in [0.4, 0.5) is 11.5 Å². The number of rotatable bonds is 9. The molecule has 1 atom stereocenters. The summed E-state index contributed by atoms with van der Waals surface area (Å²) in [7, 11) is -1.06. The van der Waals surface area contributed by atoms with Crippen molar-refractivity contribution in [3.05, 3.63) is 70.9 Å². The summed E-state index contributed by atoms with van der Waals surface area (Å²) in [6.45, 7) is 5.08. The molecular weight excluding hydrogens is 436 g/mol. The van der Waals surface area contributed by atoms with Crippen molar-refractivity contribution >= 4 is 44.0 Å². The molecule has 0 spiro atoms. The first-order chi connectivity index (χ1) is 15.5. The molecule has 32 heavy (non-hydrogen) atoms. The Hall–Kier alpha value is -2.77. The molecule has 2 N–H and O–H groups in total. The number of anilines is 2. The number of nitrogens with zero attached hydrogens (tertiary/aromatic N) is 2. The molecule has 7 heteroatoms. The topological polar surface area (TPSA) is 66.9 Å². The number of benzene rings is 2. The standard InChI is InChI=1S/C25H28N4OS2/c1-4-23-27-24(22-16-17(2)31-25(22)28-23)26-15-5-6-18-7-9-19(10-8-18)20-11-13-21(14-12-20)29-32(3)30/h7-14,16,29H,4-6,15H2,1-3H3,(H,26,27,28). The molecule has 0 saturated heterocycles. The lowest BCUT2D eigenvalue weighted by Gasteiger charge is -2.09. The fourth-order valence-electron chi connectivity index (χ4n) is 3.64. The number of aromatic nitrogens is 2. The first-order valence-corrected chi connectivity index (χ1v) is 13.2. The predicted octanol–water partition coefficient (Wildman–Crippen LogP) is 5.98. The Labute approximate surface area is 195 Å². The second-order valence-electron chi connectivity index (χ2n) is 7.78. The Kier molecular flexibility index (Phi) is 7.17. The number of thiophene rings is 1. The highest BCUT2D eigenvalue weighted by atomic mass is 32.2. The van der Waals surface area contributed by atoms with Crippen LogP contribution in [0, 0.1) is 6.92 Å². The van der Waals surface area contributed by atoms with Gasteiger partial charge in [-0.05, 0) is 54.7 Å². The third kappa shape index (κ3) is 5.53. The van der Waals surface area contributed by atoms with Crippen LogP contribution in [0.15, 0.2) is 54.6 Å². The van der Waals surface area contributed by atoms with E-state index in [9.17, 15) is 4.21 Å². The van der Waals surface area contributed by atoms with E-state index >= 15 is 0 Å². The fraction of sp³-hybridized carbons (Fsp3) is 0.280. The Morgan fingerprint density at radius 1 is 1.00 bits per heavy atom. The minimum Gasteiger partial charge on any atom is -0.369 e. The van der Waals surface area contributed by atoms with Gasteiger partial charge in [-0.25, -0.2) is 14.2 Å². The van der Waals surface area contributed by atoms with E-state index in [2.05, 4.69) is 59.2 Å². The Morgan fingerprint density at radius 3 is 2.34 bits per heavy atom. The van der Waals surface area contributed by atoms with Gasteiger partial charge in [-0.3, -0.25) is 0 Å². The Bertz CT molecular complexity index is 1220. The van der Waals surface area contributed by atoms with Crippen molar-refractivity contribution in [1.82, 2.24) is 9.97 Å². The van der Waals surface area contributed by atoms with Crippen LogP contribution < -0.4 is 10.0 Å². The van der Waals surface area contributed by atoms with Crippen LogP contribution in [0.5, 0.6) is 0 Å². The lowest BCUT2D eigenvalue weighted by atomic mass is 10.0. The molecule has 166 valence electrons. The fourth-order valence-corrected chi connectivity index (χ4v) is 5.01. The molecule has 0 aliphatic carbocycles. The summed E-state index contributed by atoms with van der Waals surface area (Å²) in [5, 5.41) is 4.66. The van der Waals surface area contributed by atoms with Crippen molar-refractivity contribution in [2.24, 2.45) is 0 Å². The summed E-state index contributed by atoms with van der Waals surface area (Å²) in [6, 6.07) is 18.9. The van der Waals surface area contributed by atoms with Crippen LogP contribution in [0.25, 0.3) is 21.3 Å². The molecule has 0 amide bonds. The van der Waals surface area contributed by atoms with Crippen LogP contribution in [0.2, 0.25) is 0 Å². The van der Waals surface area contributed by atoms with Crippen molar-refractivity contribution in [3.63, 3.8) is 0 Å². The highest BCUT2D eigenvalue weighted by Gasteiger charge is 2.09. The zero-order valence-electron chi connectivity index (χ0n) is 18.6. The highest BCUT2D eigenvalue weighted by Crippen LogP contribution is 2.28. The molecular formula is C25H28N4OS2. The van der Waals surface area contributed by atoms with Gasteiger partial charge in [0.05, 0.1) is 5.39 Å². The lowest BCUT2D eigenvalue weighted by Crippen LogP contribution is -2.07. The number of nitrogens with one attached hydrogen (secondary N) is 2. The lowest BCUT2D eigenvalue weighted by molar-refractivity contribution is 0.690. The Morgan fingerprint density at radius 2 is 1.69 bits per heavy atom. The Balaban J connectivity index is 1.33. The van der Waals surface area contributed by atoms with Crippen LogP contribution in [0.3, 0.4) is 0 Å². The van der Waals surface area contributed by atoms with E-state index in [1.54, 1.807) is 17.6 Å². The van der Waals surface area contributed by atoms with E-state index < -0.39 is 11.0 Å². The van der Waals surface area contributed by atoms with Gasteiger partial charge in [0.25, 0.3) is 0 Å². The minimum absolute atomic E-state index is 0.839. The molecule has 2 aromatic carbocycles. The summed E-state index contributed by atoms with van der Waals surface area (Å²) < 4.78 is 14.2. The molecule has 0 bridgehead atoms.